The lowest BCUT2D eigenvalue weighted by molar-refractivity contribution is 0.0120. The van der Waals surface area contributed by atoms with Crippen LogP contribution in [0.4, 0.5) is 4.39 Å². The lowest BCUT2D eigenvalue weighted by Crippen LogP contribution is -2.33. The van der Waals surface area contributed by atoms with E-state index in [1.54, 1.807) is 0 Å². The van der Waals surface area contributed by atoms with Crippen molar-refractivity contribution in [3.05, 3.63) is 118 Å². The van der Waals surface area contributed by atoms with Crippen LogP contribution in [0.25, 0.3) is 0 Å². The van der Waals surface area contributed by atoms with Gasteiger partial charge in [-0.15, -0.1) is 0 Å². The van der Waals surface area contributed by atoms with Gasteiger partial charge in [0.05, 0.1) is 13.2 Å². The number of ether oxygens (including phenoxy) is 1. The third-order valence-corrected chi connectivity index (χ3v) is 6.66. The zero-order chi connectivity index (χ0) is 25.5. The molecule has 0 bridgehead atoms. The minimum absolute atomic E-state index is 0.0618. The number of alkyl halides is 1. The first-order valence-electron chi connectivity index (χ1n) is 12.0. The number of hydrogen-bond donors (Lipinski definition) is 0. The number of rotatable bonds is 11. The van der Waals surface area contributed by atoms with Crippen LogP contribution in [-0.4, -0.2) is 40.9 Å². The molecule has 188 valence electrons. The summed E-state index contributed by atoms with van der Waals surface area (Å²) in [7, 11) is 0. The summed E-state index contributed by atoms with van der Waals surface area (Å²) in [6.45, 7) is 3.46. The van der Waals surface area contributed by atoms with Gasteiger partial charge in [0, 0.05) is 36.0 Å². The maximum Gasteiger partial charge on any atom is 0.182 e. The Morgan fingerprint density at radius 2 is 1.58 bits per heavy atom. The van der Waals surface area contributed by atoms with Crippen LogP contribution in [0.15, 0.2) is 85.2 Å². The van der Waals surface area contributed by atoms with Crippen molar-refractivity contribution in [3.63, 3.8) is 0 Å². The highest BCUT2D eigenvalue weighted by atomic mass is 35.5. The van der Waals surface area contributed by atoms with E-state index in [0.717, 1.165) is 17.5 Å². The lowest BCUT2D eigenvalue weighted by Gasteiger charge is -2.28. The Hall–Kier alpha value is -2.86. The van der Waals surface area contributed by atoms with E-state index in [-0.39, 0.29) is 24.2 Å². The topological polar surface area (TPSA) is 32.8 Å². The van der Waals surface area contributed by atoms with E-state index in [1.165, 1.54) is 29.8 Å². The monoisotopic (exact) mass is 526 g/mol. The number of hydrogen-bond acceptors (Lipinski definition) is 4. The largest absolute Gasteiger partial charge is 0.356 e. The molecule has 0 saturated heterocycles. The molecule has 0 aromatic heterocycles. The molecule has 3 aromatic carbocycles. The normalized spacial score (nSPS) is 14.8. The predicted molar refractivity (Wildman–Crippen MR) is 143 cm³/mol. The zero-order valence-corrected chi connectivity index (χ0v) is 21.6. The van der Waals surface area contributed by atoms with Gasteiger partial charge in [-0.3, -0.25) is 4.79 Å². The highest BCUT2D eigenvalue weighted by Gasteiger charge is 2.23. The second-order valence-electron chi connectivity index (χ2n) is 8.85. The third kappa shape index (κ3) is 7.33. The first-order chi connectivity index (χ1) is 17.4. The first-order valence-corrected chi connectivity index (χ1v) is 12.8. The number of Topliss-reactive ketones (excluding diaryl/α,β-unsaturated/α-hetero) is 1. The van der Waals surface area contributed by atoms with Crippen molar-refractivity contribution in [1.82, 2.24) is 9.80 Å². The smallest absolute Gasteiger partial charge is 0.182 e. The van der Waals surface area contributed by atoms with Gasteiger partial charge in [-0.2, -0.15) is 0 Å². The van der Waals surface area contributed by atoms with Gasteiger partial charge in [-0.25, -0.2) is 4.39 Å². The van der Waals surface area contributed by atoms with Crippen molar-refractivity contribution in [1.29, 1.82) is 0 Å². The van der Waals surface area contributed by atoms with Crippen molar-refractivity contribution in [2.75, 3.05) is 19.8 Å². The molecule has 0 N–H and O–H groups in total. The molecular weight excluding hydrogens is 498 g/mol. The molecule has 0 spiro atoms. The fourth-order valence-electron chi connectivity index (χ4n) is 4.09. The molecule has 0 saturated carbocycles. The molecular formula is C29H29Cl2FN2O2. The molecule has 4 nitrogen and oxygen atoms in total. The molecule has 1 heterocycles. The van der Waals surface area contributed by atoms with E-state index in [0.29, 0.717) is 30.2 Å². The van der Waals surface area contributed by atoms with Crippen LogP contribution in [0.1, 0.15) is 40.1 Å². The zero-order valence-electron chi connectivity index (χ0n) is 20.1. The van der Waals surface area contributed by atoms with Crippen LogP contribution in [0.5, 0.6) is 0 Å². The maximum atomic E-state index is 13.2. The number of benzene rings is 3. The van der Waals surface area contributed by atoms with Crippen LogP contribution in [0.2, 0.25) is 5.02 Å². The van der Waals surface area contributed by atoms with Gasteiger partial charge in [0.1, 0.15) is 17.5 Å². The number of halogens is 3. The Morgan fingerprint density at radius 1 is 0.944 bits per heavy atom. The molecule has 0 aliphatic carbocycles. The van der Waals surface area contributed by atoms with E-state index < -0.39 is 5.56 Å². The first kappa shape index (κ1) is 26.2. The SMILES string of the molecule is CCc1ccc(C(CN2C=CN(CC(=O)c3ccc(F)cc3)C2)OC(Cl)Cc2ccc(Cl)cc2)cc1. The molecule has 7 heteroatoms. The summed E-state index contributed by atoms with van der Waals surface area (Å²) >= 11 is 12.6. The fourth-order valence-corrected chi connectivity index (χ4v) is 4.52. The van der Waals surface area contributed by atoms with E-state index in [1.807, 2.05) is 41.6 Å². The van der Waals surface area contributed by atoms with Crippen molar-refractivity contribution >= 4 is 29.0 Å². The van der Waals surface area contributed by atoms with Crippen LogP contribution in [-0.2, 0) is 17.6 Å². The molecule has 2 unspecified atom stereocenters. The summed E-state index contributed by atoms with van der Waals surface area (Å²) in [4.78, 5) is 16.6. The average molecular weight is 527 g/mol. The van der Waals surface area contributed by atoms with Crippen molar-refractivity contribution in [2.45, 2.75) is 31.4 Å². The second-order valence-corrected chi connectivity index (χ2v) is 9.77. The van der Waals surface area contributed by atoms with E-state index in [2.05, 4.69) is 36.1 Å². The number of ketones is 1. The number of aryl methyl sites for hydroxylation is 1. The number of nitrogens with zero attached hydrogens (tertiary/aromatic N) is 2. The molecule has 1 aliphatic heterocycles. The molecule has 0 radical (unpaired) electrons. The van der Waals surface area contributed by atoms with E-state index in [4.69, 9.17) is 27.9 Å². The summed E-state index contributed by atoms with van der Waals surface area (Å²) in [5.74, 6) is -0.418. The summed E-state index contributed by atoms with van der Waals surface area (Å²) in [6, 6.07) is 21.6. The van der Waals surface area contributed by atoms with Gasteiger partial charge in [-0.05, 0) is 59.5 Å². The van der Waals surface area contributed by atoms with Crippen LogP contribution >= 0.6 is 23.2 Å². The highest BCUT2D eigenvalue weighted by molar-refractivity contribution is 6.30. The number of carbonyl (C=O) groups is 1. The second kappa shape index (κ2) is 12.4. The van der Waals surface area contributed by atoms with Crippen LogP contribution < -0.4 is 0 Å². The van der Waals surface area contributed by atoms with E-state index in [9.17, 15) is 9.18 Å². The molecule has 0 fully saturated rings. The summed E-state index contributed by atoms with van der Waals surface area (Å²) in [6.07, 6.45) is 5.10. The van der Waals surface area contributed by atoms with Crippen LogP contribution in [0, 0.1) is 5.82 Å². The van der Waals surface area contributed by atoms with Gasteiger partial charge in [0.15, 0.2) is 5.78 Å². The van der Waals surface area contributed by atoms with Crippen molar-refractivity contribution in [3.8, 4) is 0 Å². The van der Waals surface area contributed by atoms with Gasteiger partial charge in [0.2, 0.25) is 0 Å². The minimum atomic E-state index is -0.523. The molecule has 3 aromatic rings. The molecule has 1 aliphatic rings. The van der Waals surface area contributed by atoms with Gasteiger partial charge in [-0.1, -0.05) is 66.5 Å². The fraction of sp³-hybridized carbons (Fsp3) is 0.276. The third-order valence-electron chi connectivity index (χ3n) is 6.15. The summed E-state index contributed by atoms with van der Waals surface area (Å²) < 4.78 is 19.5. The predicted octanol–water partition coefficient (Wildman–Crippen LogP) is 6.84. The molecule has 2 atom stereocenters. The Labute approximate surface area is 221 Å². The highest BCUT2D eigenvalue weighted by Crippen LogP contribution is 2.26. The Bertz CT molecular complexity index is 1170. The Morgan fingerprint density at radius 3 is 2.25 bits per heavy atom. The van der Waals surface area contributed by atoms with Crippen LogP contribution in [0.3, 0.4) is 0 Å². The molecule has 4 rings (SSSR count). The average Bonchev–Trinajstić information content (AvgIpc) is 3.32. The Balaban J connectivity index is 1.39. The van der Waals surface area contributed by atoms with Crippen molar-refractivity contribution < 1.29 is 13.9 Å². The standard InChI is InChI=1S/C29H29Cl2FN2O2/c1-2-21-3-7-24(8-4-21)28(36-29(31)17-22-5-11-25(30)12-6-22)19-34-16-15-33(20-34)18-27(35)23-9-13-26(32)14-10-23/h3-16,28-29H,2,17-20H2,1H3. The molecule has 0 amide bonds. The Kier molecular flexibility index (Phi) is 9.03. The van der Waals surface area contributed by atoms with Gasteiger partial charge < -0.3 is 14.5 Å². The number of carbonyl (C=O) groups excluding carboxylic acids is 1. The maximum absolute atomic E-state index is 13.2. The minimum Gasteiger partial charge on any atom is -0.356 e. The lowest BCUT2D eigenvalue weighted by atomic mass is 10.1. The van der Waals surface area contributed by atoms with Gasteiger partial charge in [0.25, 0.3) is 0 Å². The quantitative estimate of drug-likeness (QED) is 0.202. The molecule has 36 heavy (non-hydrogen) atoms. The summed E-state index contributed by atoms with van der Waals surface area (Å²) in [5, 5.41) is 0.683. The van der Waals surface area contributed by atoms with E-state index >= 15 is 0 Å². The van der Waals surface area contributed by atoms with Crippen molar-refractivity contribution in [2.24, 2.45) is 0 Å². The summed E-state index contributed by atoms with van der Waals surface area (Å²) in [5.41, 5.74) is 3.32. The van der Waals surface area contributed by atoms with Gasteiger partial charge >= 0.3 is 0 Å².